The number of nitrogens with zero attached hydrogens (tertiary/aromatic N) is 1. The smallest absolute Gasteiger partial charge is 0.492 e. The molecule has 1 aromatic heterocycles. The van der Waals surface area contributed by atoms with Crippen LogP contribution in [0.25, 0.3) is 6.08 Å². The molecule has 2 heterocycles. The van der Waals surface area contributed by atoms with Crippen molar-refractivity contribution >= 4 is 19.1 Å². The minimum atomic E-state index is -0.567. The molecule has 0 bridgehead atoms. The minimum Gasteiger partial charge on any atom is -0.506 e. The first-order valence-electron chi connectivity index (χ1n) is 7.56. The summed E-state index contributed by atoms with van der Waals surface area (Å²) in [7, 11) is -0.567. The normalized spacial score (nSPS) is 19.7. The number of amides is 1. The van der Waals surface area contributed by atoms with E-state index in [1.807, 2.05) is 27.7 Å². The fraction of sp³-hybridized carbons (Fsp3) is 0.500. The monoisotopic (exact) mass is 318 g/mol. The Kier molecular flexibility index (Phi) is 4.82. The number of hydrogen-bond donors (Lipinski definition) is 2. The van der Waals surface area contributed by atoms with Crippen LogP contribution in [0.5, 0.6) is 5.75 Å². The number of carbonyl (C=O) groups excluding carboxylic acids is 1. The summed E-state index contributed by atoms with van der Waals surface area (Å²) in [5, 5.41) is 12.1. The van der Waals surface area contributed by atoms with Gasteiger partial charge in [-0.3, -0.25) is 9.78 Å². The first-order chi connectivity index (χ1) is 10.6. The topological polar surface area (TPSA) is 80.7 Å². The Bertz CT molecular complexity index is 595. The van der Waals surface area contributed by atoms with Crippen molar-refractivity contribution in [3.63, 3.8) is 0 Å². The van der Waals surface area contributed by atoms with E-state index in [0.29, 0.717) is 12.2 Å². The highest BCUT2D eigenvalue weighted by atomic mass is 16.7. The second-order valence-electron chi connectivity index (χ2n) is 6.66. The Labute approximate surface area is 137 Å². The van der Waals surface area contributed by atoms with E-state index in [9.17, 15) is 9.90 Å². The number of hydrogen-bond acceptors (Lipinski definition) is 5. The van der Waals surface area contributed by atoms with Crippen LogP contribution in [-0.4, -0.2) is 40.9 Å². The molecule has 2 N–H and O–H groups in total. The third-order valence-corrected chi connectivity index (χ3v) is 4.20. The van der Waals surface area contributed by atoms with E-state index in [0.717, 1.165) is 5.47 Å². The van der Waals surface area contributed by atoms with Gasteiger partial charge in [0.05, 0.1) is 23.1 Å². The third-order valence-electron chi connectivity index (χ3n) is 4.20. The van der Waals surface area contributed by atoms with Crippen molar-refractivity contribution in [3.05, 3.63) is 29.5 Å². The molecular formula is C16H23BN2O4. The van der Waals surface area contributed by atoms with Crippen molar-refractivity contribution in [1.29, 1.82) is 0 Å². The minimum absolute atomic E-state index is 0.0983. The molecule has 0 unspecified atom stereocenters. The van der Waals surface area contributed by atoms with Crippen LogP contribution in [0.3, 0.4) is 0 Å². The highest BCUT2D eigenvalue weighted by Crippen LogP contribution is 2.38. The van der Waals surface area contributed by atoms with Crippen molar-refractivity contribution in [1.82, 2.24) is 10.3 Å². The van der Waals surface area contributed by atoms with Crippen molar-refractivity contribution in [2.45, 2.75) is 45.8 Å². The van der Waals surface area contributed by atoms with Crippen LogP contribution in [0.15, 0.2) is 23.8 Å². The van der Waals surface area contributed by atoms with Gasteiger partial charge in [-0.15, -0.1) is 0 Å². The lowest BCUT2D eigenvalue weighted by atomic mass is 9.77. The molecule has 2 rings (SSSR count). The van der Waals surface area contributed by atoms with Gasteiger partial charge in [0.1, 0.15) is 5.75 Å². The lowest BCUT2D eigenvalue weighted by molar-refractivity contribution is -0.118. The SMILES string of the molecule is CC(=O)NCC(=Cc1ccc(O)cn1)B1OC(C)(C)C(C)(C)O1. The molecule has 1 aromatic rings. The highest BCUT2D eigenvalue weighted by molar-refractivity contribution is 6.56. The van der Waals surface area contributed by atoms with Crippen molar-refractivity contribution in [3.8, 4) is 5.75 Å². The number of aromatic hydroxyl groups is 1. The van der Waals surface area contributed by atoms with E-state index < -0.39 is 18.3 Å². The third kappa shape index (κ3) is 4.12. The van der Waals surface area contributed by atoms with Crippen LogP contribution in [0.2, 0.25) is 0 Å². The summed E-state index contributed by atoms with van der Waals surface area (Å²) in [6, 6.07) is 3.24. The van der Waals surface area contributed by atoms with Crippen LogP contribution < -0.4 is 5.32 Å². The average Bonchev–Trinajstić information content (AvgIpc) is 2.65. The Morgan fingerprint density at radius 2 is 1.91 bits per heavy atom. The molecule has 0 saturated carbocycles. The second kappa shape index (κ2) is 6.33. The number of carbonyl (C=O) groups is 1. The van der Waals surface area contributed by atoms with Gasteiger partial charge in [0.15, 0.2) is 0 Å². The van der Waals surface area contributed by atoms with Gasteiger partial charge in [-0.2, -0.15) is 0 Å². The predicted molar refractivity (Wildman–Crippen MR) is 88.6 cm³/mol. The van der Waals surface area contributed by atoms with Gasteiger partial charge >= 0.3 is 7.12 Å². The predicted octanol–water partition coefficient (Wildman–Crippen LogP) is 1.94. The summed E-state index contributed by atoms with van der Waals surface area (Å²) in [5.74, 6) is -0.0349. The van der Waals surface area contributed by atoms with Gasteiger partial charge < -0.3 is 19.7 Å². The number of pyridine rings is 1. The number of aromatic nitrogens is 1. The lowest BCUT2D eigenvalue weighted by Gasteiger charge is -2.32. The Balaban J connectivity index is 2.28. The summed E-state index contributed by atoms with van der Waals surface area (Å²) >= 11 is 0. The molecule has 124 valence electrons. The molecule has 1 aliphatic rings. The molecule has 23 heavy (non-hydrogen) atoms. The maximum atomic E-state index is 11.2. The Morgan fingerprint density at radius 3 is 2.39 bits per heavy atom. The fourth-order valence-corrected chi connectivity index (χ4v) is 2.10. The summed E-state index contributed by atoms with van der Waals surface area (Å²) in [6.45, 7) is 9.66. The molecule has 1 saturated heterocycles. The molecule has 1 fully saturated rings. The van der Waals surface area contributed by atoms with Gasteiger partial charge in [0.25, 0.3) is 0 Å². The zero-order valence-corrected chi connectivity index (χ0v) is 14.2. The molecule has 1 aliphatic heterocycles. The second-order valence-corrected chi connectivity index (χ2v) is 6.66. The summed E-state index contributed by atoms with van der Waals surface area (Å²) in [4.78, 5) is 15.4. The maximum absolute atomic E-state index is 11.2. The first kappa shape index (κ1) is 17.5. The van der Waals surface area contributed by atoms with Crippen LogP contribution in [0, 0.1) is 0 Å². The molecule has 0 atom stereocenters. The van der Waals surface area contributed by atoms with Crippen LogP contribution in [-0.2, 0) is 14.1 Å². The van der Waals surface area contributed by atoms with Crippen molar-refractivity contribution < 1.29 is 19.2 Å². The zero-order valence-electron chi connectivity index (χ0n) is 14.2. The molecule has 0 spiro atoms. The first-order valence-corrected chi connectivity index (χ1v) is 7.56. The van der Waals surface area contributed by atoms with Crippen LogP contribution >= 0.6 is 0 Å². The van der Waals surface area contributed by atoms with Crippen molar-refractivity contribution in [2.24, 2.45) is 0 Å². The largest absolute Gasteiger partial charge is 0.506 e. The molecule has 0 aromatic carbocycles. The van der Waals surface area contributed by atoms with E-state index in [4.69, 9.17) is 9.31 Å². The molecule has 6 nitrogen and oxygen atoms in total. The van der Waals surface area contributed by atoms with E-state index in [2.05, 4.69) is 10.3 Å². The maximum Gasteiger partial charge on any atom is 0.492 e. The summed E-state index contributed by atoms with van der Waals surface area (Å²) in [5.41, 5.74) is 0.486. The summed E-state index contributed by atoms with van der Waals surface area (Å²) < 4.78 is 12.1. The molecule has 0 radical (unpaired) electrons. The van der Waals surface area contributed by atoms with Crippen LogP contribution in [0.1, 0.15) is 40.3 Å². The highest BCUT2D eigenvalue weighted by Gasteiger charge is 2.52. The average molecular weight is 318 g/mol. The van der Waals surface area contributed by atoms with Gasteiger partial charge in [-0.1, -0.05) is 0 Å². The Hall–Kier alpha value is -1.86. The van der Waals surface area contributed by atoms with Crippen molar-refractivity contribution in [2.75, 3.05) is 6.54 Å². The lowest BCUT2D eigenvalue weighted by Crippen LogP contribution is -2.41. The van der Waals surface area contributed by atoms with Gasteiger partial charge in [0.2, 0.25) is 5.91 Å². The standard InChI is InChI=1S/C16H23BN2O4/c1-11(20)18-9-12(8-13-6-7-14(21)10-19-13)17-22-15(2,3)16(4,5)23-17/h6-8,10,21H,9H2,1-5H3,(H,18,20). The summed E-state index contributed by atoms with van der Waals surface area (Å²) in [6.07, 6.45) is 3.17. The molecule has 1 amide bonds. The van der Waals surface area contributed by atoms with Crippen LogP contribution in [0.4, 0.5) is 0 Å². The van der Waals surface area contributed by atoms with E-state index in [-0.39, 0.29) is 11.7 Å². The molecule has 7 heteroatoms. The van der Waals surface area contributed by atoms with E-state index in [1.165, 1.54) is 13.1 Å². The van der Waals surface area contributed by atoms with Gasteiger partial charge in [-0.25, -0.2) is 0 Å². The van der Waals surface area contributed by atoms with Gasteiger partial charge in [-0.05, 0) is 51.4 Å². The fourth-order valence-electron chi connectivity index (χ4n) is 2.10. The van der Waals surface area contributed by atoms with E-state index in [1.54, 1.807) is 18.2 Å². The Morgan fingerprint density at radius 1 is 1.30 bits per heavy atom. The number of nitrogens with one attached hydrogen (secondary N) is 1. The van der Waals surface area contributed by atoms with E-state index >= 15 is 0 Å². The quantitative estimate of drug-likeness (QED) is 0.829. The zero-order chi connectivity index (χ0) is 17.3. The molecule has 0 aliphatic carbocycles. The molecular weight excluding hydrogens is 295 g/mol. The van der Waals surface area contributed by atoms with Gasteiger partial charge in [0, 0.05) is 13.5 Å². The number of rotatable bonds is 4.